The lowest BCUT2D eigenvalue weighted by atomic mass is 10.1. The highest BCUT2D eigenvalue weighted by Gasteiger charge is 2.31. The number of thioether (sulfide) groups is 1. The van der Waals surface area contributed by atoms with Crippen molar-refractivity contribution in [1.29, 1.82) is 0 Å². The monoisotopic (exact) mass is 328 g/mol. The van der Waals surface area contributed by atoms with Gasteiger partial charge in [0.15, 0.2) is 0 Å². The lowest BCUT2D eigenvalue weighted by molar-refractivity contribution is -0.121. The van der Waals surface area contributed by atoms with Crippen LogP contribution in [0.4, 0.5) is 0 Å². The summed E-state index contributed by atoms with van der Waals surface area (Å²) in [6.07, 6.45) is 2.64. The van der Waals surface area contributed by atoms with Gasteiger partial charge < -0.3 is 9.88 Å². The Morgan fingerprint density at radius 3 is 3.09 bits per heavy atom. The van der Waals surface area contributed by atoms with Crippen molar-refractivity contribution in [3.05, 3.63) is 41.0 Å². The molecule has 3 heterocycles. The third-order valence-electron chi connectivity index (χ3n) is 4.67. The standard InChI is InChI=1S/C17H20N4OS/c1-10-3-4-12-8-15(23-14(12)7-10)17(22)18-13-5-6-16-20-19-11(2)21(16)9-13/h3-4,7,13,15H,5-6,8-9H2,1-2H3,(H,18,22)/t13-,15+/m1/s1. The molecule has 1 aromatic carbocycles. The number of hydrogen-bond acceptors (Lipinski definition) is 4. The molecular weight excluding hydrogens is 308 g/mol. The fourth-order valence-corrected chi connectivity index (χ4v) is 4.66. The quantitative estimate of drug-likeness (QED) is 0.916. The summed E-state index contributed by atoms with van der Waals surface area (Å²) in [4.78, 5) is 13.9. The number of amides is 1. The number of hydrogen-bond donors (Lipinski definition) is 1. The van der Waals surface area contributed by atoms with E-state index in [0.29, 0.717) is 0 Å². The van der Waals surface area contributed by atoms with Crippen molar-refractivity contribution in [2.24, 2.45) is 0 Å². The molecule has 23 heavy (non-hydrogen) atoms. The summed E-state index contributed by atoms with van der Waals surface area (Å²) in [5, 5.41) is 11.5. The average molecular weight is 328 g/mol. The van der Waals surface area contributed by atoms with E-state index in [0.717, 1.165) is 37.5 Å². The zero-order valence-electron chi connectivity index (χ0n) is 13.4. The van der Waals surface area contributed by atoms with E-state index in [1.165, 1.54) is 16.0 Å². The SMILES string of the molecule is Cc1ccc2c(c1)S[C@H](C(=O)N[C@@H]1CCc3nnc(C)n3C1)C2. The Morgan fingerprint density at radius 1 is 1.35 bits per heavy atom. The molecule has 0 fully saturated rings. The third kappa shape index (κ3) is 2.76. The minimum absolute atomic E-state index is 0.00444. The summed E-state index contributed by atoms with van der Waals surface area (Å²) in [5.41, 5.74) is 2.54. The number of benzene rings is 1. The summed E-state index contributed by atoms with van der Waals surface area (Å²) in [6.45, 7) is 4.84. The molecule has 2 aliphatic rings. The van der Waals surface area contributed by atoms with Crippen LogP contribution in [0.25, 0.3) is 0 Å². The second-order valence-electron chi connectivity index (χ2n) is 6.44. The Hall–Kier alpha value is -1.82. The predicted molar refractivity (Wildman–Crippen MR) is 89.5 cm³/mol. The summed E-state index contributed by atoms with van der Waals surface area (Å²) < 4.78 is 2.12. The van der Waals surface area contributed by atoms with Gasteiger partial charge in [-0.15, -0.1) is 22.0 Å². The molecule has 1 N–H and O–H groups in total. The summed E-state index contributed by atoms with van der Waals surface area (Å²) in [5.74, 6) is 2.12. The molecule has 5 nitrogen and oxygen atoms in total. The van der Waals surface area contributed by atoms with E-state index in [1.54, 1.807) is 11.8 Å². The summed E-state index contributed by atoms with van der Waals surface area (Å²) >= 11 is 1.69. The van der Waals surface area contributed by atoms with Crippen LogP contribution in [0.5, 0.6) is 0 Å². The number of fused-ring (bicyclic) bond motifs is 2. The fraction of sp³-hybridized carbons (Fsp3) is 0.471. The normalized spacial score (nSPS) is 22.5. The highest BCUT2D eigenvalue weighted by atomic mass is 32.2. The van der Waals surface area contributed by atoms with Crippen LogP contribution in [0.3, 0.4) is 0 Å². The van der Waals surface area contributed by atoms with E-state index in [-0.39, 0.29) is 17.2 Å². The Labute approximate surface area is 139 Å². The van der Waals surface area contributed by atoms with Crippen molar-refractivity contribution in [2.75, 3.05) is 0 Å². The first-order valence-corrected chi connectivity index (χ1v) is 8.93. The van der Waals surface area contributed by atoms with E-state index >= 15 is 0 Å². The number of carbonyl (C=O) groups excluding carboxylic acids is 1. The van der Waals surface area contributed by atoms with Gasteiger partial charge in [0, 0.05) is 23.9 Å². The second-order valence-corrected chi connectivity index (χ2v) is 7.68. The van der Waals surface area contributed by atoms with Crippen LogP contribution in [0, 0.1) is 13.8 Å². The Morgan fingerprint density at radius 2 is 2.22 bits per heavy atom. The van der Waals surface area contributed by atoms with Gasteiger partial charge in [-0.05, 0) is 38.3 Å². The number of carbonyl (C=O) groups is 1. The first-order valence-electron chi connectivity index (χ1n) is 8.05. The van der Waals surface area contributed by atoms with E-state index < -0.39 is 0 Å². The Bertz CT molecular complexity index is 770. The van der Waals surface area contributed by atoms with Crippen LogP contribution >= 0.6 is 11.8 Å². The lowest BCUT2D eigenvalue weighted by Crippen LogP contribution is -2.44. The van der Waals surface area contributed by atoms with Crippen LogP contribution in [0.1, 0.15) is 29.2 Å². The molecule has 0 bridgehead atoms. The lowest BCUT2D eigenvalue weighted by Gasteiger charge is -2.26. The molecule has 2 aliphatic heterocycles. The molecule has 2 atom stereocenters. The molecule has 4 rings (SSSR count). The largest absolute Gasteiger partial charge is 0.351 e. The maximum Gasteiger partial charge on any atom is 0.234 e. The Balaban J connectivity index is 1.41. The van der Waals surface area contributed by atoms with Crippen molar-refractivity contribution in [1.82, 2.24) is 20.1 Å². The van der Waals surface area contributed by atoms with Crippen LogP contribution in [0.2, 0.25) is 0 Å². The number of aryl methyl sites for hydroxylation is 3. The molecule has 0 radical (unpaired) electrons. The van der Waals surface area contributed by atoms with Gasteiger partial charge in [-0.25, -0.2) is 0 Å². The van der Waals surface area contributed by atoms with Crippen LogP contribution in [0.15, 0.2) is 23.1 Å². The molecule has 0 spiro atoms. The van der Waals surface area contributed by atoms with Gasteiger partial charge in [0.25, 0.3) is 0 Å². The minimum Gasteiger partial charge on any atom is -0.351 e. The highest BCUT2D eigenvalue weighted by Crippen LogP contribution is 2.37. The van der Waals surface area contributed by atoms with E-state index in [4.69, 9.17) is 0 Å². The molecule has 120 valence electrons. The van der Waals surface area contributed by atoms with Crippen LogP contribution < -0.4 is 5.32 Å². The maximum atomic E-state index is 12.6. The Kier molecular flexibility index (Phi) is 3.64. The molecular formula is C17H20N4OS. The number of aromatic nitrogens is 3. The zero-order valence-corrected chi connectivity index (χ0v) is 14.2. The summed E-state index contributed by atoms with van der Waals surface area (Å²) in [6, 6.07) is 6.63. The molecule has 0 saturated carbocycles. The van der Waals surface area contributed by atoms with Gasteiger partial charge in [-0.1, -0.05) is 17.7 Å². The number of rotatable bonds is 2. The topological polar surface area (TPSA) is 59.8 Å². The molecule has 1 amide bonds. The van der Waals surface area contributed by atoms with Crippen molar-refractivity contribution >= 4 is 17.7 Å². The van der Waals surface area contributed by atoms with Gasteiger partial charge >= 0.3 is 0 Å². The van der Waals surface area contributed by atoms with E-state index in [9.17, 15) is 4.79 Å². The van der Waals surface area contributed by atoms with Gasteiger partial charge in [0.1, 0.15) is 11.6 Å². The molecule has 0 unspecified atom stereocenters. The molecule has 6 heteroatoms. The molecule has 2 aromatic rings. The van der Waals surface area contributed by atoms with Gasteiger partial charge in [-0.2, -0.15) is 0 Å². The van der Waals surface area contributed by atoms with E-state index in [2.05, 4.69) is 45.2 Å². The van der Waals surface area contributed by atoms with Crippen LogP contribution in [-0.2, 0) is 24.2 Å². The third-order valence-corrected chi connectivity index (χ3v) is 5.97. The smallest absolute Gasteiger partial charge is 0.234 e. The molecule has 0 saturated heterocycles. The maximum absolute atomic E-state index is 12.6. The van der Waals surface area contributed by atoms with Crippen molar-refractivity contribution in [2.45, 2.75) is 55.8 Å². The van der Waals surface area contributed by atoms with Crippen molar-refractivity contribution < 1.29 is 4.79 Å². The van der Waals surface area contributed by atoms with Gasteiger partial charge in [-0.3, -0.25) is 4.79 Å². The first-order chi connectivity index (χ1) is 11.1. The number of nitrogens with zero attached hydrogens (tertiary/aromatic N) is 3. The summed E-state index contributed by atoms with van der Waals surface area (Å²) in [7, 11) is 0. The van der Waals surface area contributed by atoms with Crippen molar-refractivity contribution in [3.63, 3.8) is 0 Å². The minimum atomic E-state index is -0.00444. The second kappa shape index (κ2) is 5.67. The zero-order chi connectivity index (χ0) is 16.0. The highest BCUT2D eigenvalue weighted by molar-refractivity contribution is 8.01. The van der Waals surface area contributed by atoms with Crippen LogP contribution in [-0.4, -0.2) is 32.0 Å². The average Bonchev–Trinajstić information content (AvgIpc) is 3.11. The van der Waals surface area contributed by atoms with Gasteiger partial charge in [0.05, 0.1) is 5.25 Å². The van der Waals surface area contributed by atoms with Crippen molar-refractivity contribution in [3.8, 4) is 0 Å². The molecule has 0 aliphatic carbocycles. The van der Waals surface area contributed by atoms with E-state index in [1.807, 2.05) is 6.92 Å². The first kappa shape index (κ1) is 14.8. The fourth-order valence-electron chi connectivity index (χ4n) is 3.36. The molecule has 1 aromatic heterocycles. The van der Waals surface area contributed by atoms with Gasteiger partial charge in [0.2, 0.25) is 5.91 Å². The predicted octanol–water partition coefficient (Wildman–Crippen LogP) is 2.04. The number of nitrogens with one attached hydrogen (secondary N) is 1.